The van der Waals surface area contributed by atoms with Crippen LogP contribution in [0.3, 0.4) is 0 Å². The Hall–Kier alpha value is -2.32. The summed E-state index contributed by atoms with van der Waals surface area (Å²) in [5.41, 5.74) is 3.04. The molecule has 0 spiro atoms. The minimum atomic E-state index is -0.487. The van der Waals surface area contributed by atoms with Gasteiger partial charge in [-0.15, -0.1) is 11.3 Å². The lowest BCUT2D eigenvalue weighted by atomic mass is 10.2. The van der Waals surface area contributed by atoms with E-state index in [4.69, 9.17) is 14.0 Å². The summed E-state index contributed by atoms with van der Waals surface area (Å²) in [6, 6.07) is 4.53. The van der Waals surface area contributed by atoms with E-state index in [0.29, 0.717) is 23.9 Å². The van der Waals surface area contributed by atoms with Gasteiger partial charge in [0.2, 0.25) is 5.82 Å². The molecule has 0 amide bonds. The van der Waals surface area contributed by atoms with Gasteiger partial charge in [0, 0.05) is 12.7 Å². The van der Waals surface area contributed by atoms with Gasteiger partial charge in [-0.25, -0.2) is 9.37 Å². The molecule has 0 bridgehead atoms. The van der Waals surface area contributed by atoms with Crippen LogP contribution >= 0.6 is 11.3 Å². The third-order valence-electron chi connectivity index (χ3n) is 3.10. The molecule has 2 heterocycles. The Labute approximate surface area is 135 Å². The lowest BCUT2D eigenvalue weighted by Crippen LogP contribution is -2.05. The predicted molar refractivity (Wildman–Crippen MR) is 82.9 cm³/mol. The number of thiazole rings is 1. The molecule has 0 saturated carbocycles. The molecule has 0 fully saturated rings. The first-order valence-corrected chi connectivity index (χ1v) is 7.73. The summed E-state index contributed by atoms with van der Waals surface area (Å²) in [7, 11) is 1.56. The lowest BCUT2D eigenvalue weighted by Gasteiger charge is -2.06. The van der Waals surface area contributed by atoms with E-state index in [1.54, 1.807) is 18.7 Å². The van der Waals surface area contributed by atoms with Gasteiger partial charge in [0.25, 0.3) is 5.89 Å². The van der Waals surface area contributed by atoms with Gasteiger partial charge in [-0.05, 0) is 25.1 Å². The molecule has 0 aliphatic carbocycles. The van der Waals surface area contributed by atoms with Crippen molar-refractivity contribution in [3.05, 3.63) is 35.2 Å². The van der Waals surface area contributed by atoms with Crippen molar-refractivity contribution in [3.8, 4) is 27.9 Å². The van der Waals surface area contributed by atoms with E-state index in [-0.39, 0.29) is 12.4 Å². The highest BCUT2D eigenvalue weighted by atomic mass is 32.1. The second-order valence-corrected chi connectivity index (χ2v) is 5.53. The summed E-state index contributed by atoms with van der Waals surface area (Å²) in [5, 5.41) is 3.90. The van der Waals surface area contributed by atoms with Crippen molar-refractivity contribution in [2.45, 2.75) is 6.92 Å². The molecule has 8 heteroatoms. The number of hydrogen-bond acceptors (Lipinski definition) is 7. The first kappa shape index (κ1) is 15.6. The number of methoxy groups -OCH3 is 1. The molecular formula is C15H14FN3O3S. The van der Waals surface area contributed by atoms with E-state index in [0.717, 1.165) is 10.6 Å². The fraction of sp³-hybridized carbons (Fsp3) is 0.267. The van der Waals surface area contributed by atoms with Crippen molar-refractivity contribution in [2.75, 3.05) is 20.3 Å². The van der Waals surface area contributed by atoms with Gasteiger partial charge in [-0.3, -0.25) is 0 Å². The molecule has 0 saturated heterocycles. The topological polar surface area (TPSA) is 70.3 Å². The number of aryl methyl sites for hydroxylation is 1. The summed E-state index contributed by atoms with van der Waals surface area (Å²) < 4.78 is 29.4. The van der Waals surface area contributed by atoms with Crippen LogP contribution in [0.2, 0.25) is 0 Å². The molecule has 6 nitrogen and oxygen atoms in total. The van der Waals surface area contributed by atoms with Crippen molar-refractivity contribution in [3.63, 3.8) is 0 Å². The highest BCUT2D eigenvalue weighted by Gasteiger charge is 2.16. The molecule has 3 rings (SSSR count). The second-order valence-electron chi connectivity index (χ2n) is 4.68. The van der Waals surface area contributed by atoms with Crippen LogP contribution < -0.4 is 4.74 Å². The molecule has 120 valence electrons. The third kappa shape index (κ3) is 3.38. The maximum absolute atomic E-state index is 14.0. The van der Waals surface area contributed by atoms with Crippen LogP contribution in [0, 0.1) is 12.7 Å². The van der Waals surface area contributed by atoms with Gasteiger partial charge in [0.15, 0.2) is 11.6 Å². The number of hydrogen-bond donors (Lipinski definition) is 0. The fourth-order valence-electron chi connectivity index (χ4n) is 1.93. The van der Waals surface area contributed by atoms with Gasteiger partial charge >= 0.3 is 0 Å². The van der Waals surface area contributed by atoms with E-state index < -0.39 is 5.82 Å². The van der Waals surface area contributed by atoms with Crippen LogP contribution in [0.15, 0.2) is 28.2 Å². The van der Waals surface area contributed by atoms with Crippen LogP contribution in [-0.2, 0) is 4.74 Å². The molecule has 0 aliphatic heterocycles. The Bertz CT molecular complexity index is 803. The molecule has 2 aromatic heterocycles. The van der Waals surface area contributed by atoms with Gasteiger partial charge < -0.3 is 14.0 Å². The van der Waals surface area contributed by atoms with Gasteiger partial charge in [-0.1, -0.05) is 5.16 Å². The zero-order valence-electron chi connectivity index (χ0n) is 12.6. The maximum atomic E-state index is 14.0. The molecule has 0 unspecified atom stereocenters. The van der Waals surface area contributed by atoms with E-state index in [9.17, 15) is 4.39 Å². The Morgan fingerprint density at radius 3 is 2.87 bits per heavy atom. The van der Waals surface area contributed by atoms with Gasteiger partial charge in [-0.2, -0.15) is 4.98 Å². The quantitative estimate of drug-likeness (QED) is 0.644. The highest BCUT2D eigenvalue weighted by molar-refractivity contribution is 7.13. The Kier molecular flexibility index (Phi) is 4.63. The molecule has 23 heavy (non-hydrogen) atoms. The Balaban J connectivity index is 1.81. The van der Waals surface area contributed by atoms with E-state index in [1.807, 2.05) is 6.92 Å². The van der Waals surface area contributed by atoms with Crippen LogP contribution in [-0.4, -0.2) is 35.4 Å². The molecule has 0 N–H and O–H groups in total. The largest absolute Gasteiger partial charge is 0.488 e. The van der Waals surface area contributed by atoms with E-state index >= 15 is 0 Å². The SMILES string of the molecule is COCCOc1ccc(-c2noc(-c3scnc3C)n2)cc1F. The van der Waals surface area contributed by atoms with Crippen molar-refractivity contribution in [1.29, 1.82) is 0 Å². The maximum Gasteiger partial charge on any atom is 0.270 e. The zero-order chi connectivity index (χ0) is 16.2. The number of ether oxygens (including phenoxy) is 2. The average molecular weight is 335 g/mol. The molecular weight excluding hydrogens is 321 g/mol. The first-order valence-electron chi connectivity index (χ1n) is 6.85. The summed E-state index contributed by atoms with van der Waals surface area (Å²) in [5.74, 6) is 0.364. The monoisotopic (exact) mass is 335 g/mol. The van der Waals surface area contributed by atoms with E-state index in [2.05, 4.69) is 15.1 Å². The number of benzene rings is 1. The lowest BCUT2D eigenvalue weighted by molar-refractivity contribution is 0.144. The van der Waals surface area contributed by atoms with Crippen molar-refractivity contribution < 1.29 is 18.4 Å². The first-order chi connectivity index (χ1) is 11.2. The Morgan fingerprint density at radius 1 is 1.30 bits per heavy atom. The second kappa shape index (κ2) is 6.84. The van der Waals surface area contributed by atoms with Crippen LogP contribution in [0.25, 0.3) is 22.2 Å². The summed E-state index contributed by atoms with van der Waals surface area (Å²) in [4.78, 5) is 9.24. The predicted octanol–water partition coefficient (Wildman–Crippen LogP) is 3.33. The molecule has 1 aromatic carbocycles. The molecule has 0 radical (unpaired) electrons. The van der Waals surface area contributed by atoms with Crippen molar-refractivity contribution >= 4 is 11.3 Å². The summed E-state index contributed by atoms with van der Waals surface area (Å²) in [6.07, 6.45) is 0. The minimum absolute atomic E-state index is 0.160. The highest BCUT2D eigenvalue weighted by Crippen LogP contribution is 2.29. The standard InChI is InChI=1S/C15H14FN3O3S/c1-9-13(23-8-17-9)15-18-14(19-22-15)10-3-4-12(11(16)7-10)21-6-5-20-2/h3-4,7-8H,5-6H2,1-2H3. The molecule has 3 aromatic rings. The fourth-order valence-corrected chi connectivity index (χ4v) is 2.66. The minimum Gasteiger partial charge on any atom is -0.488 e. The van der Waals surface area contributed by atoms with Gasteiger partial charge in [0.05, 0.1) is 17.8 Å². The third-order valence-corrected chi connectivity index (χ3v) is 4.02. The van der Waals surface area contributed by atoms with E-state index in [1.165, 1.54) is 23.5 Å². The number of rotatable bonds is 6. The van der Waals surface area contributed by atoms with Crippen LogP contribution in [0.5, 0.6) is 5.75 Å². The normalized spacial score (nSPS) is 10.9. The average Bonchev–Trinajstić information content (AvgIpc) is 3.17. The molecule has 0 aliphatic rings. The Morgan fingerprint density at radius 2 is 2.17 bits per heavy atom. The number of nitrogens with zero attached hydrogens (tertiary/aromatic N) is 3. The van der Waals surface area contributed by atoms with Crippen molar-refractivity contribution in [2.24, 2.45) is 0 Å². The summed E-state index contributed by atoms with van der Waals surface area (Å²) in [6.45, 7) is 2.54. The van der Waals surface area contributed by atoms with Crippen LogP contribution in [0.1, 0.15) is 5.69 Å². The number of halogens is 1. The summed E-state index contributed by atoms with van der Waals surface area (Å²) >= 11 is 1.41. The van der Waals surface area contributed by atoms with Gasteiger partial charge in [0.1, 0.15) is 11.5 Å². The smallest absolute Gasteiger partial charge is 0.270 e. The zero-order valence-corrected chi connectivity index (χ0v) is 13.4. The van der Waals surface area contributed by atoms with Crippen molar-refractivity contribution in [1.82, 2.24) is 15.1 Å². The molecule has 0 atom stereocenters. The van der Waals surface area contributed by atoms with Crippen LogP contribution in [0.4, 0.5) is 4.39 Å². The number of aromatic nitrogens is 3.